The predicted octanol–water partition coefficient (Wildman–Crippen LogP) is 3.19. The molecule has 2 aromatic carbocycles. The number of ether oxygens (including phenoxy) is 2. The minimum absolute atomic E-state index is 0.329. The average Bonchev–Trinajstić information content (AvgIpc) is 2.93. The summed E-state index contributed by atoms with van der Waals surface area (Å²) in [7, 11) is 3.15. The van der Waals surface area contributed by atoms with Gasteiger partial charge in [-0.2, -0.15) is 0 Å². The van der Waals surface area contributed by atoms with Crippen LogP contribution in [0.2, 0.25) is 5.02 Å². The van der Waals surface area contributed by atoms with E-state index in [0.717, 1.165) is 11.1 Å². The van der Waals surface area contributed by atoms with E-state index in [0.29, 0.717) is 29.5 Å². The third-order valence-electron chi connectivity index (χ3n) is 4.33. The summed E-state index contributed by atoms with van der Waals surface area (Å²) in [5.41, 5.74) is 1.70. The second kappa shape index (κ2) is 7.66. The molecule has 0 bridgehead atoms. The van der Waals surface area contributed by atoms with E-state index in [9.17, 15) is 9.59 Å². The maximum Gasteiger partial charge on any atom is 0.325 e. The molecule has 1 saturated heterocycles. The number of hydrogen-bond acceptors (Lipinski definition) is 4. The highest BCUT2D eigenvalue weighted by Gasteiger charge is 2.38. The molecule has 1 heterocycles. The number of carbonyl (C=O) groups is 2. The first-order chi connectivity index (χ1) is 12.5. The van der Waals surface area contributed by atoms with Crippen LogP contribution in [0.15, 0.2) is 42.5 Å². The van der Waals surface area contributed by atoms with Gasteiger partial charge in [-0.3, -0.25) is 10.1 Å². The van der Waals surface area contributed by atoms with Gasteiger partial charge in [0.05, 0.1) is 14.2 Å². The molecule has 0 aromatic heterocycles. The Morgan fingerprint density at radius 3 is 2.38 bits per heavy atom. The number of imide groups is 1. The lowest BCUT2D eigenvalue weighted by Crippen LogP contribution is -2.31. The van der Waals surface area contributed by atoms with Gasteiger partial charge in [-0.05, 0) is 41.8 Å². The largest absolute Gasteiger partial charge is 0.493 e. The molecule has 0 radical (unpaired) electrons. The molecule has 26 heavy (non-hydrogen) atoms. The Kier molecular flexibility index (Phi) is 5.32. The number of urea groups is 1. The first kappa shape index (κ1) is 18.1. The molecule has 6 nitrogen and oxygen atoms in total. The molecule has 136 valence electrons. The number of halogens is 1. The first-order valence-corrected chi connectivity index (χ1v) is 8.49. The lowest BCUT2D eigenvalue weighted by molar-refractivity contribution is -0.121. The van der Waals surface area contributed by atoms with Crippen molar-refractivity contribution in [2.45, 2.75) is 12.5 Å². The van der Waals surface area contributed by atoms with Crippen LogP contribution in [0, 0.1) is 0 Å². The van der Waals surface area contributed by atoms with E-state index in [1.807, 2.05) is 18.2 Å². The number of amides is 3. The molecule has 1 fully saturated rings. The highest BCUT2D eigenvalue weighted by molar-refractivity contribution is 6.30. The Hall–Kier alpha value is -2.73. The van der Waals surface area contributed by atoms with Crippen LogP contribution in [0.3, 0.4) is 0 Å². The number of hydrogen-bond donors (Lipinski definition) is 1. The zero-order chi connectivity index (χ0) is 18.7. The van der Waals surface area contributed by atoms with E-state index in [-0.39, 0.29) is 5.91 Å². The molecule has 3 amide bonds. The highest BCUT2D eigenvalue weighted by Crippen LogP contribution is 2.30. The maximum atomic E-state index is 12.2. The molecule has 0 aliphatic carbocycles. The standard InChI is InChI=1S/C19H19ClN2O4/c1-25-15-8-3-12(11-16(15)26-2)9-10-22-17(18(23)21-19(22)24)13-4-6-14(20)7-5-13/h3-8,11,17H,9-10H2,1-2H3,(H,21,23,24). The third kappa shape index (κ3) is 3.60. The van der Waals surface area contributed by atoms with Crippen LogP contribution >= 0.6 is 11.6 Å². The van der Waals surface area contributed by atoms with Crippen molar-refractivity contribution in [2.75, 3.05) is 20.8 Å². The summed E-state index contributed by atoms with van der Waals surface area (Å²) in [6.45, 7) is 0.389. The fraction of sp³-hybridized carbons (Fsp3) is 0.263. The topological polar surface area (TPSA) is 67.9 Å². The molecule has 1 atom stereocenters. The van der Waals surface area contributed by atoms with E-state index >= 15 is 0 Å². The van der Waals surface area contributed by atoms with Gasteiger partial charge in [0.2, 0.25) is 0 Å². The number of benzene rings is 2. The molecule has 1 unspecified atom stereocenters. The summed E-state index contributed by atoms with van der Waals surface area (Å²) in [6, 6.07) is 11.5. The van der Waals surface area contributed by atoms with Gasteiger partial charge in [0.15, 0.2) is 11.5 Å². The fourth-order valence-corrected chi connectivity index (χ4v) is 3.12. The molecule has 1 N–H and O–H groups in total. The smallest absolute Gasteiger partial charge is 0.325 e. The van der Waals surface area contributed by atoms with Gasteiger partial charge in [0.25, 0.3) is 5.91 Å². The van der Waals surface area contributed by atoms with Crippen LogP contribution in [0.1, 0.15) is 17.2 Å². The second-order valence-electron chi connectivity index (χ2n) is 5.88. The minimum atomic E-state index is -0.653. The van der Waals surface area contributed by atoms with Crippen LogP contribution in [0.4, 0.5) is 4.79 Å². The molecule has 0 spiro atoms. The van der Waals surface area contributed by atoms with Gasteiger partial charge in [-0.15, -0.1) is 0 Å². The summed E-state index contributed by atoms with van der Waals surface area (Å²) in [5, 5.41) is 2.96. The van der Waals surface area contributed by atoms with Crippen molar-refractivity contribution in [1.29, 1.82) is 0 Å². The van der Waals surface area contributed by atoms with Crippen LogP contribution in [0.5, 0.6) is 11.5 Å². The molecule has 0 saturated carbocycles. The SMILES string of the molecule is COc1ccc(CCN2C(=O)NC(=O)C2c2ccc(Cl)cc2)cc1OC. The summed E-state index contributed by atoms with van der Waals surface area (Å²) >= 11 is 5.91. The van der Waals surface area contributed by atoms with Crippen molar-refractivity contribution in [3.8, 4) is 11.5 Å². The Morgan fingerprint density at radius 1 is 1.04 bits per heavy atom. The number of carbonyl (C=O) groups excluding carboxylic acids is 2. The molecule has 3 rings (SSSR count). The van der Waals surface area contributed by atoms with Gasteiger partial charge in [-0.25, -0.2) is 4.79 Å². The van der Waals surface area contributed by atoms with E-state index in [4.69, 9.17) is 21.1 Å². The van der Waals surface area contributed by atoms with Gasteiger partial charge in [-0.1, -0.05) is 29.8 Å². The lowest BCUT2D eigenvalue weighted by atomic mass is 10.0. The van der Waals surface area contributed by atoms with Crippen molar-refractivity contribution >= 4 is 23.5 Å². The van der Waals surface area contributed by atoms with Crippen LogP contribution < -0.4 is 14.8 Å². The summed E-state index contributed by atoms with van der Waals surface area (Å²) in [4.78, 5) is 26.0. The van der Waals surface area contributed by atoms with Crippen LogP contribution in [0.25, 0.3) is 0 Å². The molecular formula is C19H19ClN2O4. The van der Waals surface area contributed by atoms with E-state index < -0.39 is 12.1 Å². The lowest BCUT2D eigenvalue weighted by Gasteiger charge is -2.22. The van der Waals surface area contributed by atoms with Gasteiger partial charge < -0.3 is 14.4 Å². The van der Waals surface area contributed by atoms with Gasteiger partial charge in [0.1, 0.15) is 6.04 Å². The summed E-state index contributed by atoms with van der Waals surface area (Å²) in [6.07, 6.45) is 0.575. The van der Waals surface area contributed by atoms with Crippen molar-refractivity contribution < 1.29 is 19.1 Å². The zero-order valence-electron chi connectivity index (χ0n) is 14.5. The molecule has 1 aliphatic heterocycles. The first-order valence-electron chi connectivity index (χ1n) is 8.11. The van der Waals surface area contributed by atoms with E-state index in [1.54, 1.807) is 38.5 Å². The Bertz CT molecular complexity index is 823. The monoisotopic (exact) mass is 374 g/mol. The van der Waals surface area contributed by atoms with Crippen molar-refractivity contribution in [2.24, 2.45) is 0 Å². The number of nitrogens with one attached hydrogen (secondary N) is 1. The number of rotatable bonds is 6. The molecule has 7 heteroatoms. The Labute approximate surface area is 156 Å². The number of nitrogens with zero attached hydrogens (tertiary/aromatic N) is 1. The van der Waals surface area contributed by atoms with Gasteiger partial charge >= 0.3 is 6.03 Å². The highest BCUT2D eigenvalue weighted by atomic mass is 35.5. The van der Waals surface area contributed by atoms with Crippen LogP contribution in [-0.2, 0) is 11.2 Å². The third-order valence-corrected chi connectivity index (χ3v) is 4.58. The van der Waals surface area contributed by atoms with Crippen molar-refractivity contribution in [1.82, 2.24) is 10.2 Å². The van der Waals surface area contributed by atoms with E-state index in [2.05, 4.69) is 5.32 Å². The summed E-state index contributed by atoms with van der Waals surface area (Å²) < 4.78 is 10.5. The minimum Gasteiger partial charge on any atom is -0.493 e. The summed E-state index contributed by atoms with van der Waals surface area (Å²) in [5.74, 6) is 0.940. The number of methoxy groups -OCH3 is 2. The van der Waals surface area contributed by atoms with Gasteiger partial charge in [0, 0.05) is 11.6 Å². The predicted molar refractivity (Wildman–Crippen MR) is 97.7 cm³/mol. The average molecular weight is 375 g/mol. The molecular weight excluding hydrogens is 356 g/mol. The Morgan fingerprint density at radius 2 is 1.73 bits per heavy atom. The zero-order valence-corrected chi connectivity index (χ0v) is 15.2. The fourth-order valence-electron chi connectivity index (χ4n) is 3.00. The molecule has 2 aromatic rings. The van der Waals surface area contributed by atoms with Crippen molar-refractivity contribution in [3.05, 3.63) is 58.6 Å². The normalized spacial score (nSPS) is 16.6. The second-order valence-corrected chi connectivity index (χ2v) is 6.32. The quantitative estimate of drug-likeness (QED) is 0.788. The maximum absolute atomic E-state index is 12.2. The van der Waals surface area contributed by atoms with E-state index in [1.165, 1.54) is 4.90 Å². The van der Waals surface area contributed by atoms with Crippen molar-refractivity contribution in [3.63, 3.8) is 0 Å². The van der Waals surface area contributed by atoms with Crippen LogP contribution in [-0.4, -0.2) is 37.6 Å². The Balaban J connectivity index is 1.78. The molecule has 1 aliphatic rings.